The Morgan fingerprint density at radius 1 is 1.22 bits per heavy atom. The van der Waals surface area contributed by atoms with Crippen LogP contribution in [-0.4, -0.2) is 36.1 Å². The Kier molecular flexibility index (Phi) is 9.22. The van der Waals surface area contributed by atoms with E-state index in [1.807, 2.05) is 24.3 Å². The molecule has 0 aliphatic carbocycles. The number of methoxy groups -OCH3 is 1. The van der Waals surface area contributed by atoms with Crippen molar-refractivity contribution in [3.63, 3.8) is 0 Å². The van der Waals surface area contributed by atoms with Gasteiger partial charge in [-0.3, -0.25) is 4.79 Å². The minimum Gasteiger partial charge on any atom is -0.497 e. The number of carbonyl (C=O) groups is 1. The van der Waals surface area contributed by atoms with E-state index in [0.29, 0.717) is 18.9 Å². The van der Waals surface area contributed by atoms with Crippen LogP contribution in [0.2, 0.25) is 0 Å². The smallest absolute Gasteiger partial charge is 0.166 e. The molecular weight excluding hydrogens is 316 g/mol. The van der Waals surface area contributed by atoms with Crippen LogP contribution >= 0.6 is 11.6 Å². The molecule has 1 N–H and O–H groups in total. The Balaban J connectivity index is 2.42. The summed E-state index contributed by atoms with van der Waals surface area (Å²) in [6.07, 6.45) is 1.07. The van der Waals surface area contributed by atoms with Crippen molar-refractivity contribution in [2.24, 2.45) is 5.92 Å². The molecule has 23 heavy (non-hydrogen) atoms. The Bertz CT molecular complexity index is 461. The summed E-state index contributed by atoms with van der Waals surface area (Å²) in [5.74, 6) is 0.857. The third-order valence-electron chi connectivity index (χ3n) is 3.97. The third-order valence-corrected chi connectivity index (χ3v) is 4.24. The van der Waals surface area contributed by atoms with Gasteiger partial charge in [-0.15, -0.1) is 11.6 Å². The van der Waals surface area contributed by atoms with Gasteiger partial charge in [0.2, 0.25) is 0 Å². The summed E-state index contributed by atoms with van der Waals surface area (Å²) < 4.78 is 10.7. The second-order valence-electron chi connectivity index (χ2n) is 5.74. The molecule has 130 valence electrons. The molecule has 4 nitrogen and oxygen atoms in total. The molecule has 5 heteroatoms. The number of aliphatic hydroxyl groups excluding tert-OH is 1. The van der Waals surface area contributed by atoms with E-state index < -0.39 is 18.1 Å². The lowest BCUT2D eigenvalue weighted by Gasteiger charge is -2.21. The Morgan fingerprint density at radius 3 is 2.43 bits per heavy atom. The van der Waals surface area contributed by atoms with Gasteiger partial charge in [-0.2, -0.15) is 0 Å². The summed E-state index contributed by atoms with van der Waals surface area (Å²) >= 11 is 5.62. The number of rotatable bonds is 11. The number of hydrogen-bond acceptors (Lipinski definition) is 4. The number of aliphatic hydroxyl groups is 1. The largest absolute Gasteiger partial charge is 0.497 e. The Labute approximate surface area is 143 Å². The molecule has 0 aromatic heterocycles. The first-order valence-corrected chi connectivity index (χ1v) is 8.55. The number of ketones is 1. The Morgan fingerprint density at radius 2 is 1.87 bits per heavy atom. The fourth-order valence-electron chi connectivity index (χ4n) is 2.28. The zero-order chi connectivity index (χ0) is 17.2. The van der Waals surface area contributed by atoms with Crippen molar-refractivity contribution in [2.45, 2.75) is 51.9 Å². The standard InChI is InChI=1S/C18H27ClO4/c1-13(17(20)6-4-5-11-19)18(21)14(2)23-12-15-7-9-16(22-3)10-8-15/h7-10,13-14,17,20H,4-6,11-12H2,1-3H3/t13-,14+,17+/m0/s1. The molecule has 0 aliphatic heterocycles. The highest BCUT2D eigenvalue weighted by Crippen LogP contribution is 2.17. The topological polar surface area (TPSA) is 55.8 Å². The van der Waals surface area contributed by atoms with Crippen LogP contribution in [0, 0.1) is 5.92 Å². The van der Waals surface area contributed by atoms with Crippen LogP contribution in [0.5, 0.6) is 5.75 Å². The molecule has 0 fully saturated rings. The minimum atomic E-state index is -0.641. The fourth-order valence-corrected chi connectivity index (χ4v) is 2.47. The lowest BCUT2D eigenvalue weighted by Crippen LogP contribution is -2.34. The maximum Gasteiger partial charge on any atom is 0.166 e. The van der Waals surface area contributed by atoms with Crippen molar-refractivity contribution in [3.8, 4) is 5.75 Å². The van der Waals surface area contributed by atoms with E-state index in [4.69, 9.17) is 21.1 Å². The lowest BCUT2D eigenvalue weighted by molar-refractivity contribution is -0.137. The average Bonchev–Trinajstić information content (AvgIpc) is 2.58. The Hall–Kier alpha value is -1.10. The zero-order valence-corrected chi connectivity index (χ0v) is 14.9. The molecule has 0 heterocycles. The molecule has 0 amide bonds. The minimum absolute atomic E-state index is 0.0723. The second kappa shape index (κ2) is 10.6. The van der Waals surface area contributed by atoms with Gasteiger partial charge >= 0.3 is 0 Å². The van der Waals surface area contributed by atoms with E-state index in [2.05, 4.69) is 0 Å². The van der Waals surface area contributed by atoms with Crippen LogP contribution in [0.3, 0.4) is 0 Å². The summed E-state index contributed by atoms with van der Waals surface area (Å²) in [5, 5.41) is 10.1. The van der Waals surface area contributed by atoms with Gasteiger partial charge in [-0.25, -0.2) is 0 Å². The SMILES string of the molecule is COc1ccc(CO[C@H](C)C(=O)[C@@H](C)[C@H](O)CCCCCl)cc1. The number of Topliss-reactive ketones (excluding diaryl/α,β-unsaturated/α-hetero) is 1. The maximum absolute atomic E-state index is 12.3. The van der Waals surface area contributed by atoms with E-state index in [1.165, 1.54) is 0 Å². The summed E-state index contributed by atoms with van der Waals surface area (Å²) in [7, 11) is 1.62. The van der Waals surface area contributed by atoms with Gasteiger partial charge in [-0.05, 0) is 43.9 Å². The van der Waals surface area contributed by atoms with E-state index >= 15 is 0 Å². The normalized spacial score (nSPS) is 15.0. The lowest BCUT2D eigenvalue weighted by atomic mass is 9.93. The summed E-state index contributed by atoms with van der Waals surface area (Å²) in [6.45, 7) is 3.83. The number of benzene rings is 1. The van der Waals surface area contributed by atoms with Crippen LogP contribution in [0.4, 0.5) is 0 Å². The van der Waals surface area contributed by atoms with Gasteiger partial charge in [0.05, 0.1) is 19.8 Å². The van der Waals surface area contributed by atoms with Crippen LogP contribution in [0.15, 0.2) is 24.3 Å². The van der Waals surface area contributed by atoms with Gasteiger partial charge in [0.15, 0.2) is 5.78 Å². The van der Waals surface area contributed by atoms with Crippen molar-refractivity contribution in [1.29, 1.82) is 0 Å². The van der Waals surface area contributed by atoms with Crippen molar-refractivity contribution in [3.05, 3.63) is 29.8 Å². The highest BCUT2D eigenvalue weighted by Gasteiger charge is 2.26. The molecule has 0 bridgehead atoms. The van der Waals surface area contributed by atoms with Gasteiger partial charge in [-0.1, -0.05) is 19.1 Å². The van der Waals surface area contributed by atoms with Crippen molar-refractivity contribution in [2.75, 3.05) is 13.0 Å². The quantitative estimate of drug-likeness (QED) is 0.493. The molecule has 0 radical (unpaired) electrons. The molecule has 0 spiro atoms. The second-order valence-corrected chi connectivity index (χ2v) is 6.12. The molecule has 1 aromatic rings. The summed E-state index contributed by atoms with van der Waals surface area (Å²) in [5.41, 5.74) is 0.973. The van der Waals surface area contributed by atoms with Crippen LogP contribution < -0.4 is 4.74 Å². The first kappa shape index (κ1) is 19.9. The number of halogens is 1. The first-order valence-electron chi connectivity index (χ1n) is 8.01. The number of unbranched alkanes of at least 4 members (excludes halogenated alkanes) is 1. The van der Waals surface area contributed by atoms with E-state index in [9.17, 15) is 9.90 Å². The fraction of sp³-hybridized carbons (Fsp3) is 0.611. The average molecular weight is 343 g/mol. The predicted octanol–water partition coefficient (Wildman–Crippen LogP) is 3.58. The maximum atomic E-state index is 12.3. The van der Waals surface area contributed by atoms with Gasteiger partial charge < -0.3 is 14.6 Å². The highest BCUT2D eigenvalue weighted by molar-refractivity contribution is 6.17. The number of ether oxygens (including phenoxy) is 2. The number of hydrogen-bond donors (Lipinski definition) is 1. The van der Waals surface area contributed by atoms with Crippen molar-refractivity contribution >= 4 is 17.4 Å². The van der Waals surface area contributed by atoms with E-state index in [1.54, 1.807) is 21.0 Å². The monoisotopic (exact) mass is 342 g/mol. The van der Waals surface area contributed by atoms with Gasteiger partial charge in [0.25, 0.3) is 0 Å². The van der Waals surface area contributed by atoms with Crippen molar-refractivity contribution < 1.29 is 19.4 Å². The summed E-state index contributed by atoms with van der Waals surface area (Å²) in [4.78, 5) is 12.3. The predicted molar refractivity (Wildman–Crippen MR) is 92.0 cm³/mol. The van der Waals surface area contributed by atoms with E-state index in [0.717, 1.165) is 24.2 Å². The molecular formula is C18H27ClO4. The molecule has 0 saturated carbocycles. The summed E-state index contributed by atoms with van der Waals surface area (Å²) in [6, 6.07) is 7.52. The first-order chi connectivity index (χ1) is 11.0. The van der Waals surface area contributed by atoms with Crippen LogP contribution in [0.25, 0.3) is 0 Å². The number of carbonyl (C=O) groups excluding carboxylic acids is 1. The van der Waals surface area contributed by atoms with Crippen LogP contribution in [0.1, 0.15) is 38.7 Å². The molecule has 1 aromatic carbocycles. The highest BCUT2D eigenvalue weighted by atomic mass is 35.5. The third kappa shape index (κ3) is 6.90. The molecule has 3 atom stereocenters. The zero-order valence-electron chi connectivity index (χ0n) is 14.1. The molecule has 0 aliphatic rings. The molecule has 1 rings (SSSR count). The molecule has 0 saturated heterocycles. The van der Waals surface area contributed by atoms with Crippen LogP contribution in [-0.2, 0) is 16.1 Å². The van der Waals surface area contributed by atoms with Gasteiger partial charge in [0, 0.05) is 11.8 Å². The number of alkyl halides is 1. The van der Waals surface area contributed by atoms with Crippen molar-refractivity contribution in [1.82, 2.24) is 0 Å². The van der Waals surface area contributed by atoms with E-state index in [-0.39, 0.29) is 5.78 Å². The molecule has 0 unspecified atom stereocenters. The van der Waals surface area contributed by atoms with Gasteiger partial charge in [0.1, 0.15) is 11.9 Å².